The third-order valence-electron chi connectivity index (χ3n) is 6.82. The highest BCUT2D eigenvalue weighted by Crippen LogP contribution is 2.57. The van der Waals surface area contributed by atoms with Gasteiger partial charge in [-0.2, -0.15) is 13.2 Å². The first-order valence-electron chi connectivity index (χ1n) is 10.6. The molecule has 1 spiro atoms. The number of hydrogen-bond donors (Lipinski definition) is 1. The molecule has 174 valence electrons. The van der Waals surface area contributed by atoms with Gasteiger partial charge in [0.25, 0.3) is 0 Å². The summed E-state index contributed by atoms with van der Waals surface area (Å²) >= 11 is 6.06. The number of anilines is 1. The van der Waals surface area contributed by atoms with Crippen molar-refractivity contribution in [2.75, 3.05) is 18.9 Å². The fourth-order valence-corrected chi connectivity index (χ4v) is 5.53. The summed E-state index contributed by atoms with van der Waals surface area (Å²) in [6.07, 6.45) is -1.73. The Hall–Kier alpha value is -3.23. The number of Topliss-reactive ketones (excluding diaryl/α,β-unsaturated/α-hetero) is 1. The van der Waals surface area contributed by atoms with Crippen LogP contribution in [0.2, 0.25) is 5.02 Å². The van der Waals surface area contributed by atoms with Gasteiger partial charge in [-0.1, -0.05) is 35.9 Å². The number of likely N-dealkylation sites (N-methyl/N-ethyl adjacent to an activating group) is 1. The molecule has 1 amide bonds. The largest absolute Gasteiger partial charge is 0.418 e. The van der Waals surface area contributed by atoms with Crippen molar-refractivity contribution in [2.45, 2.75) is 17.6 Å². The molecule has 1 fully saturated rings. The maximum atomic E-state index is 13.9. The summed E-state index contributed by atoms with van der Waals surface area (Å²) in [4.78, 5) is 33.3. The number of ketones is 1. The highest BCUT2D eigenvalue weighted by molar-refractivity contribution is 6.30. The second kappa shape index (κ2) is 7.92. The Labute approximate surface area is 198 Å². The molecule has 0 radical (unpaired) electrons. The number of nitrogens with zero attached hydrogens (tertiary/aromatic N) is 2. The van der Waals surface area contributed by atoms with Crippen LogP contribution >= 0.6 is 11.6 Å². The van der Waals surface area contributed by atoms with Gasteiger partial charge < -0.3 is 5.32 Å². The topological polar surface area (TPSA) is 62.3 Å². The monoisotopic (exact) mass is 485 g/mol. The number of likely N-dealkylation sites (tertiary alicyclic amines) is 1. The van der Waals surface area contributed by atoms with Gasteiger partial charge in [0.05, 0.1) is 17.2 Å². The van der Waals surface area contributed by atoms with E-state index in [-0.39, 0.29) is 29.1 Å². The summed E-state index contributed by atoms with van der Waals surface area (Å²) in [5.74, 6) is -2.48. The number of amides is 1. The zero-order chi connectivity index (χ0) is 24.3. The van der Waals surface area contributed by atoms with Gasteiger partial charge in [0.2, 0.25) is 5.91 Å². The predicted molar refractivity (Wildman–Crippen MR) is 121 cm³/mol. The number of hydrogen-bond acceptors (Lipinski definition) is 4. The van der Waals surface area contributed by atoms with Crippen LogP contribution in [0.4, 0.5) is 18.9 Å². The molecule has 3 unspecified atom stereocenters. The van der Waals surface area contributed by atoms with Crippen molar-refractivity contribution in [3.8, 4) is 0 Å². The van der Waals surface area contributed by atoms with Crippen molar-refractivity contribution >= 4 is 29.0 Å². The van der Waals surface area contributed by atoms with Crippen LogP contribution in [0, 0.1) is 5.92 Å². The lowest BCUT2D eigenvalue weighted by atomic mass is 9.70. The summed E-state index contributed by atoms with van der Waals surface area (Å²) in [7, 11) is 1.66. The lowest BCUT2D eigenvalue weighted by molar-refractivity contribution is -0.136. The fourth-order valence-electron chi connectivity index (χ4n) is 5.40. The first-order chi connectivity index (χ1) is 16.2. The number of benzene rings is 2. The van der Waals surface area contributed by atoms with Crippen LogP contribution in [-0.2, 0) is 16.5 Å². The summed E-state index contributed by atoms with van der Waals surface area (Å²) in [5.41, 5.74) is -1.65. The maximum Gasteiger partial charge on any atom is 0.418 e. The number of pyridine rings is 1. The van der Waals surface area contributed by atoms with E-state index in [1.807, 2.05) is 0 Å². The number of nitrogens with one attached hydrogen (secondary N) is 1. The van der Waals surface area contributed by atoms with E-state index in [0.29, 0.717) is 5.02 Å². The summed E-state index contributed by atoms with van der Waals surface area (Å²) in [6.45, 7) is 0.279. The molecule has 3 aromatic rings. The van der Waals surface area contributed by atoms with Crippen molar-refractivity contribution in [3.05, 3.63) is 94.3 Å². The van der Waals surface area contributed by atoms with E-state index < -0.39 is 35.0 Å². The summed E-state index contributed by atoms with van der Waals surface area (Å²) in [6, 6.07) is 13.9. The molecule has 0 bridgehead atoms. The van der Waals surface area contributed by atoms with E-state index >= 15 is 0 Å². The van der Waals surface area contributed by atoms with Crippen LogP contribution in [0.15, 0.2) is 67.0 Å². The molecule has 2 aliphatic heterocycles. The van der Waals surface area contributed by atoms with Gasteiger partial charge in [-0.3, -0.25) is 19.5 Å². The maximum absolute atomic E-state index is 13.9. The highest BCUT2D eigenvalue weighted by atomic mass is 35.5. The summed E-state index contributed by atoms with van der Waals surface area (Å²) in [5, 5.41) is 2.98. The second-order valence-corrected chi connectivity index (χ2v) is 9.01. The number of carbonyl (C=O) groups is 2. The fraction of sp³-hybridized carbons (Fsp3) is 0.240. The number of carbonyl (C=O) groups excluding carboxylic acids is 2. The Morgan fingerprint density at radius 3 is 2.53 bits per heavy atom. The van der Waals surface area contributed by atoms with E-state index in [1.54, 1.807) is 48.3 Å². The SMILES string of the molecule is CN1CC(c2ccc(Cl)cc2)C(C(=O)c2cccnc2)C12C(=O)Nc1c(C(F)(F)F)cccc12. The standard InChI is InChI=1S/C25H19ClF3N3O2/c1-32-13-17(14-7-9-16(26)10-8-14)20(22(33)15-4-3-11-30-12-15)24(32)18-5-2-6-19(25(27,28)29)21(18)31-23(24)34/h2-12,17,20H,13H2,1H3,(H,31,34). The third-order valence-corrected chi connectivity index (χ3v) is 7.07. The minimum Gasteiger partial charge on any atom is -0.323 e. The molecule has 1 aromatic heterocycles. The van der Waals surface area contributed by atoms with Crippen LogP contribution in [0.25, 0.3) is 0 Å². The number of fused-ring (bicyclic) bond motifs is 2. The minimum absolute atomic E-state index is 0.147. The third kappa shape index (κ3) is 3.24. The van der Waals surface area contributed by atoms with Crippen LogP contribution in [0.3, 0.4) is 0 Å². The zero-order valence-corrected chi connectivity index (χ0v) is 18.7. The minimum atomic E-state index is -4.67. The molecule has 34 heavy (non-hydrogen) atoms. The smallest absolute Gasteiger partial charge is 0.323 e. The lowest BCUT2D eigenvalue weighted by Gasteiger charge is -2.35. The summed E-state index contributed by atoms with van der Waals surface area (Å²) < 4.78 is 41.4. The van der Waals surface area contributed by atoms with Gasteiger partial charge in [0, 0.05) is 41.0 Å². The van der Waals surface area contributed by atoms with E-state index in [4.69, 9.17) is 11.6 Å². The number of rotatable bonds is 3. The first kappa shape index (κ1) is 22.6. The van der Waals surface area contributed by atoms with Crippen molar-refractivity contribution in [3.63, 3.8) is 0 Å². The Balaban J connectivity index is 1.75. The average molecular weight is 486 g/mol. The molecular formula is C25H19ClF3N3O2. The Morgan fingerprint density at radius 1 is 1.15 bits per heavy atom. The molecule has 0 saturated carbocycles. The molecule has 5 nitrogen and oxygen atoms in total. The number of para-hydroxylation sites is 1. The number of halogens is 4. The molecular weight excluding hydrogens is 467 g/mol. The molecule has 1 N–H and O–H groups in total. The van der Waals surface area contributed by atoms with Gasteiger partial charge >= 0.3 is 6.18 Å². The van der Waals surface area contributed by atoms with Crippen molar-refractivity contribution in [1.29, 1.82) is 0 Å². The van der Waals surface area contributed by atoms with Crippen LogP contribution < -0.4 is 5.32 Å². The second-order valence-electron chi connectivity index (χ2n) is 8.57. The average Bonchev–Trinajstić information content (AvgIpc) is 3.28. The lowest BCUT2D eigenvalue weighted by Crippen LogP contribution is -2.51. The Bertz CT molecular complexity index is 1280. The Morgan fingerprint density at radius 2 is 1.88 bits per heavy atom. The first-order valence-corrected chi connectivity index (χ1v) is 11.0. The van der Waals surface area contributed by atoms with Crippen molar-refractivity contribution in [2.24, 2.45) is 5.92 Å². The molecule has 5 rings (SSSR count). The van der Waals surface area contributed by atoms with E-state index in [1.165, 1.54) is 24.5 Å². The van der Waals surface area contributed by atoms with Gasteiger partial charge in [-0.25, -0.2) is 0 Å². The van der Waals surface area contributed by atoms with Crippen LogP contribution in [0.5, 0.6) is 0 Å². The molecule has 1 saturated heterocycles. The predicted octanol–water partition coefficient (Wildman–Crippen LogP) is 5.13. The van der Waals surface area contributed by atoms with Gasteiger partial charge in [-0.05, 0) is 42.9 Å². The van der Waals surface area contributed by atoms with E-state index in [2.05, 4.69) is 10.3 Å². The van der Waals surface area contributed by atoms with Crippen LogP contribution in [-0.4, -0.2) is 35.2 Å². The molecule has 2 aliphatic rings. The van der Waals surface area contributed by atoms with E-state index in [0.717, 1.165) is 11.6 Å². The molecule has 3 heterocycles. The number of alkyl halides is 3. The molecule has 2 aromatic carbocycles. The highest BCUT2D eigenvalue weighted by Gasteiger charge is 2.65. The van der Waals surface area contributed by atoms with Gasteiger partial charge in [0.15, 0.2) is 5.78 Å². The quantitative estimate of drug-likeness (QED) is 0.522. The zero-order valence-electron chi connectivity index (χ0n) is 17.9. The van der Waals surface area contributed by atoms with Gasteiger partial charge in [0.1, 0.15) is 5.54 Å². The molecule has 0 aliphatic carbocycles. The molecule has 3 atom stereocenters. The van der Waals surface area contributed by atoms with Crippen molar-refractivity contribution in [1.82, 2.24) is 9.88 Å². The Kier molecular flexibility index (Phi) is 5.26. The van der Waals surface area contributed by atoms with Crippen LogP contribution in [0.1, 0.15) is 33.0 Å². The van der Waals surface area contributed by atoms with Gasteiger partial charge in [-0.15, -0.1) is 0 Å². The van der Waals surface area contributed by atoms with Crippen molar-refractivity contribution < 1.29 is 22.8 Å². The van der Waals surface area contributed by atoms with E-state index in [9.17, 15) is 22.8 Å². The normalized spacial score (nSPS) is 24.3. The number of aromatic nitrogens is 1. The molecule has 9 heteroatoms.